The highest BCUT2D eigenvalue weighted by atomic mass is 32.2. The average molecular weight is 347 g/mol. The lowest BCUT2D eigenvalue weighted by Gasteiger charge is -2.39. The van der Waals surface area contributed by atoms with Gasteiger partial charge >= 0.3 is 0 Å². The maximum atomic E-state index is 12.7. The molecule has 1 saturated heterocycles. The number of likely N-dealkylation sites (tertiary alicyclic amines) is 1. The van der Waals surface area contributed by atoms with E-state index in [1.165, 1.54) is 56.4 Å². The number of carbonyl (C=O) groups is 1. The molecule has 0 aromatic carbocycles. The highest BCUT2D eigenvalue weighted by Gasteiger charge is 2.49. The van der Waals surface area contributed by atoms with Crippen LogP contribution in [-0.4, -0.2) is 39.7 Å². The normalized spacial score (nSPS) is 39.2. The quantitative estimate of drug-likeness (QED) is 0.765. The fourth-order valence-corrected chi connectivity index (χ4v) is 7.68. The first-order valence-electron chi connectivity index (χ1n) is 10.3. The Morgan fingerprint density at radius 1 is 1.08 bits per heavy atom. The van der Waals surface area contributed by atoms with Crippen LogP contribution in [-0.2, 0) is 4.79 Å². The predicted octanol–water partition coefficient (Wildman–Crippen LogP) is 4.26. The third-order valence-corrected chi connectivity index (χ3v) is 9.16. The maximum Gasteiger partial charge on any atom is 0.263 e. The molecule has 5 rings (SSSR count). The van der Waals surface area contributed by atoms with Crippen LogP contribution < -0.4 is 0 Å². The third kappa shape index (κ3) is 2.68. The molecule has 4 fully saturated rings. The highest BCUT2D eigenvalue weighted by Crippen LogP contribution is 2.52. The topological polar surface area (TPSA) is 32.7 Å². The van der Waals surface area contributed by atoms with Crippen LogP contribution in [0.15, 0.2) is 4.99 Å². The molecule has 3 saturated carbocycles. The number of carbonyl (C=O) groups excluding carboxylic acids is 1. The number of fused-ring (bicyclic) bond motifs is 2. The maximum absolute atomic E-state index is 12.7. The van der Waals surface area contributed by atoms with Crippen molar-refractivity contribution in [2.75, 3.05) is 13.1 Å². The molecule has 2 aliphatic heterocycles. The largest absolute Gasteiger partial charge is 0.300 e. The smallest absolute Gasteiger partial charge is 0.263 e. The molecule has 1 spiro atoms. The van der Waals surface area contributed by atoms with E-state index in [1.807, 2.05) is 11.8 Å². The average Bonchev–Trinajstić information content (AvgIpc) is 3.35. The SMILES string of the molecule is O=C1N=C(CC2CC3CCC2C3)SC12CCN(C1CCCC1)CC2. The summed E-state index contributed by atoms with van der Waals surface area (Å²) in [6.45, 7) is 2.22. The summed E-state index contributed by atoms with van der Waals surface area (Å²) >= 11 is 1.87. The summed E-state index contributed by atoms with van der Waals surface area (Å²) in [6, 6.07) is 0.804. The number of aliphatic imine (C=N–C) groups is 1. The van der Waals surface area contributed by atoms with Crippen molar-refractivity contribution in [3.63, 3.8) is 0 Å². The van der Waals surface area contributed by atoms with E-state index < -0.39 is 0 Å². The molecule has 4 heteroatoms. The van der Waals surface area contributed by atoms with E-state index in [2.05, 4.69) is 9.89 Å². The Morgan fingerprint density at radius 2 is 1.88 bits per heavy atom. The minimum Gasteiger partial charge on any atom is -0.300 e. The van der Waals surface area contributed by atoms with Crippen molar-refractivity contribution in [3.05, 3.63) is 0 Å². The van der Waals surface area contributed by atoms with Gasteiger partial charge in [-0.2, -0.15) is 0 Å². The molecule has 2 heterocycles. The molecule has 24 heavy (non-hydrogen) atoms. The molecule has 0 aromatic rings. The number of thioether (sulfide) groups is 1. The second kappa shape index (κ2) is 6.12. The minimum absolute atomic E-state index is 0.179. The fourth-order valence-electron chi connectivity index (χ4n) is 6.28. The van der Waals surface area contributed by atoms with Gasteiger partial charge in [-0.15, -0.1) is 0 Å². The molecule has 3 aliphatic carbocycles. The summed E-state index contributed by atoms with van der Waals surface area (Å²) in [5.74, 6) is 2.97. The number of piperidine rings is 1. The number of nitrogens with zero attached hydrogens (tertiary/aromatic N) is 2. The molecular weight excluding hydrogens is 316 g/mol. The predicted molar refractivity (Wildman–Crippen MR) is 99.4 cm³/mol. The van der Waals surface area contributed by atoms with Crippen molar-refractivity contribution in [1.29, 1.82) is 0 Å². The van der Waals surface area contributed by atoms with Gasteiger partial charge in [0.15, 0.2) is 0 Å². The Bertz CT molecular complexity index is 546. The van der Waals surface area contributed by atoms with Gasteiger partial charge in [0.2, 0.25) is 0 Å². The molecule has 1 amide bonds. The molecule has 3 unspecified atom stereocenters. The fraction of sp³-hybridized carbons (Fsp3) is 0.900. The second-order valence-electron chi connectivity index (χ2n) is 9.02. The van der Waals surface area contributed by atoms with Gasteiger partial charge in [-0.1, -0.05) is 31.0 Å². The molecule has 0 aromatic heterocycles. The molecule has 0 radical (unpaired) electrons. The first-order valence-corrected chi connectivity index (χ1v) is 11.1. The zero-order chi connectivity index (χ0) is 16.1. The summed E-state index contributed by atoms with van der Waals surface area (Å²) in [7, 11) is 0. The van der Waals surface area contributed by atoms with E-state index in [0.29, 0.717) is 0 Å². The lowest BCUT2D eigenvalue weighted by atomic mass is 9.87. The summed E-state index contributed by atoms with van der Waals surface area (Å²) in [5, 5.41) is 1.19. The Morgan fingerprint density at radius 3 is 2.54 bits per heavy atom. The van der Waals surface area contributed by atoms with Crippen LogP contribution in [0.2, 0.25) is 0 Å². The molecule has 132 valence electrons. The van der Waals surface area contributed by atoms with Crippen molar-refractivity contribution >= 4 is 22.7 Å². The summed E-state index contributed by atoms with van der Waals surface area (Å²) < 4.78 is -0.179. The molecular formula is C20H30N2OS. The van der Waals surface area contributed by atoms with Crippen molar-refractivity contribution in [1.82, 2.24) is 4.90 Å². The van der Waals surface area contributed by atoms with Crippen LogP contribution in [0.3, 0.4) is 0 Å². The molecule has 3 nitrogen and oxygen atoms in total. The van der Waals surface area contributed by atoms with Crippen molar-refractivity contribution < 1.29 is 4.79 Å². The van der Waals surface area contributed by atoms with Gasteiger partial charge in [-0.3, -0.25) is 4.79 Å². The van der Waals surface area contributed by atoms with E-state index in [9.17, 15) is 4.79 Å². The van der Waals surface area contributed by atoms with Crippen molar-refractivity contribution in [2.45, 2.75) is 81.4 Å². The number of hydrogen-bond acceptors (Lipinski definition) is 3. The lowest BCUT2D eigenvalue weighted by molar-refractivity contribution is -0.121. The number of amides is 1. The Kier molecular flexibility index (Phi) is 4.05. The monoisotopic (exact) mass is 346 g/mol. The summed E-state index contributed by atoms with van der Waals surface area (Å²) in [4.78, 5) is 19.9. The highest BCUT2D eigenvalue weighted by molar-refractivity contribution is 8.16. The third-order valence-electron chi connectivity index (χ3n) is 7.70. The van der Waals surface area contributed by atoms with Gasteiger partial charge < -0.3 is 4.90 Å². The van der Waals surface area contributed by atoms with Crippen LogP contribution in [0.4, 0.5) is 0 Å². The van der Waals surface area contributed by atoms with Crippen LogP contribution in [0, 0.1) is 17.8 Å². The van der Waals surface area contributed by atoms with Crippen molar-refractivity contribution in [2.24, 2.45) is 22.7 Å². The summed E-state index contributed by atoms with van der Waals surface area (Å²) in [5.41, 5.74) is 0. The lowest BCUT2D eigenvalue weighted by Crippen LogP contribution is -2.48. The van der Waals surface area contributed by atoms with Crippen LogP contribution in [0.5, 0.6) is 0 Å². The molecule has 2 bridgehead atoms. The Balaban J connectivity index is 1.19. The van der Waals surface area contributed by atoms with Gasteiger partial charge in [0.25, 0.3) is 5.91 Å². The van der Waals surface area contributed by atoms with E-state index in [-0.39, 0.29) is 10.7 Å². The van der Waals surface area contributed by atoms with Gasteiger partial charge in [-0.05, 0) is 69.1 Å². The van der Waals surface area contributed by atoms with E-state index in [1.54, 1.807) is 0 Å². The van der Waals surface area contributed by atoms with Crippen LogP contribution >= 0.6 is 11.8 Å². The minimum atomic E-state index is -0.179. The van der Waals surface area contributed by atoms with Crippen LogP contribution in [0.1, 0.15) is 70.6 Å². The standard InChI is InChI=1S/C20H30N2OS/c23-19-20(7-9-22(10-8-20)17-3-1-2-4-17)24-18(21-19)13-16-12-14-5-6-15(16)11-14/h14-17H,1-13H2. The molecule has 3 atom stereocenters. The van der Waals surface area contributed by atoms with E-state index in [4.69, 9.17) is 0 Å². The Labute approximate surface area is 150 Å². The second-order valence-corrected chi connectivity index (χ2v) is 10.5. The number of rotatable bonds is 3. The molecule has 0 N–H and O–H groups in total. The van der Waals surface area contributed by atoms with Gasteiger partial charge in [0, 0.05) is 19.1 Å². The zero-order valence-electron chi connectivity index (χ0n) is 14.7. The van der Waals surface area contributed by atoms with Gasteiger partial charge in [-0.25, -0.2) is 4.99 Å². The first kappa shape index (κ1) is 15.9. The van der Waals surface area contributed by atoms with Gasteiger partial charge in [0.05, 0.1) is 5.04 Å². The molecule has 5 aliphatic rings. The van der Waals surface area contributed by atoms with E-state index in [0.717, 1.165) is 56.1 Å². The Hall–Kier alpha value is -0.350. The van der Waals surface area contributed by atoms with Crippen LogP contribution in [0.25, 0.3) is 0 Å². The first-order chi connectivity index (χ1) is 11.7. The van der Waals surface area contributed by atoms with Crippen molar-refractivity contribution in [3.8, 4) is 0 Å². The zero-order valence-corrected chi connectivity index (χ0v) is 15.5. The summed E-state index contributed by atoms with van der Waals surface area (Å²) in [6.07, 6.45) is 14.5. The number of hydrogen-bond donors (Lipinski definition) is 0. The van der Waals surface area contributed by atoms with Gasteiger partial charge in [0.1, 0.15) is 4.75 Å². The van der Waals surface area contributed by atoms with E-state index >= 15 is 0 Å².